The van der Waals surface area contributed by atoms with Crippen LogP contribution in [0.1, 0.15) is 25.5 Å². The third-order valence-electron chi connectivity index (χ3n) is 2.91. The lowest BCUT2D eigenvalue weighted by molar-refractivity contribution is 0.0232. The quantitative estimate of drug-likeness (QED) is 0.838. The van der Waals surface area contributed by atoms with Gasteiger partial charge in [0.1, 0.15) is 5.82 Å². The van der Waals surface area contributed by atoms with Crippen molar-refractivity contribution in [3.05, 3.63) is 11.8 Å². The molecule has 0 radical (unpaired) electrons. The number of aryl methyl sites for hydroxylation is 1. The molecule has 5 heteroatoms. The number of nitrogens with one attached hydrogen (secondary N) is 2. The topological polar surface area (TPSA) is 59.1 Å². The summed E-state index contributed by atoms with van der Waals surface area (Å²) in [6.45, 7) is 4.90. The van der Waals surface area contributed by atoms with Crippen LogP contribution in [-0.4, -0.2) is 35.8 Å². The van der Waals surface area contributed by atoms with E-state index in [1.807, 2.05) is 20.0 Å². The zero-order chi connectivity index (χ0) is 12.3. The number of ether oxygens (including phenoxy) is 1. The Balaban J connectivity index is 2.04. The molecule has 0 amide bonds. The van der Waals surface area contributed by atoms with Crippen molar-refractivity contribution in [1.29, 1.82) is 0 Å². The summed E-state index contributed by atoms with van der Waals surface area (Å²) in [5, 5.41) is 6.42. The van der Waals surface area contributed by atoms with E-state index in [2.05, 4.69) is 27.5 Å². The van der Waals surface area contributed by atoms with Gasteiger partial charge in [-0.15, -0.1) is 0 Å². The number of hydrogen-bond acceptors (Lipinski definition) is 5. The molecule has 0 bridgehead atoms. The van der Waals surface area contributed by atoms with Crippen LogP contribution in [0.15, 0.2) is 6.07 Å². The number of nitrogens with zero attached hydrogens (tertiary/aromatic N) is 2. The molecule has 2 heterocycles. The second-order valence-corrected chi connectivity index (χ2v) is 4.52. The van der Waals surface area contributed by atoms with Crippen molar-refractivity contribution >= 4 is 11.8 Å². The summed E-state index contributed by atoms with van der Waals surface area (Å²) in [5.41, 5.74) is 0.965. The van der Waals surface area contributed by atoms with Crippen LogP contribution in [0.25, 0.3) is 0 Å². The Morgan fingerprint density at radius 2 is 2.24 bits per heavy atom. The van der Waals surface area contributed by atoms with Gasteiger partial charge in [-0.3, -0.25) is 0 Å². The smallest absolute Gasteiger partial charge is 0.224 e. The monoisotopic (exact) mass is 236 g/mol. The van der Waals surface area contributed by atoms with Gasteiger partial charge < -0.3 is 15.4 Å². The third kappa shape index (κ3) is 3.30. The third-order valence-corrected chi connectivity index (χ3v) is 2.91. The average Bonchev–Trinajstić information content (AvgIpc) is 2.28. The van der Waals surface area contributed by atoms with E-state index in [4.69, 9.17) is 4.74 Å². The van der Waals surface area contributed by atoms with E-state index in [9.17, 15) is 0 Å². The molecule has 1 aliphatic heterocycles. The van der Waals surface area contributed by atoms with Crippen LogP contribution in [0, 0.1) is 6.92 Å². The normalized spacial score (nSPS) is 24.4. The van der Waals surface area contributed by atoms with Crippen LogP contribution in [0.4, 0.5) is 11.8 Å². The van der Waals surface area contributed by atoms with Gasteiger partial charge in [0.25, 0.3) is 0 Å². The maximum atomic E-state index is 5.53. The van der Waals surface area contributed by atoms with Gasteiger partial charge in [0, 0.05) is 31.5 Å². The largest absolute Gasteiger partial charge is 0.378 e. The van der Waals surface area contributed by atoms with Gasteiger partial charge >= 0.3 is 0 Å². The molecule has 1 saturated heterocycles. The minimum atomic E-state index is 0.327. The molecular weight excluding hydrogens is 216 g/mol. The summed E-state index contributed by atoms with van der Waals surface area (Å²) in [6, 6.07) is 2.42. The molecule has 2 N–H and O–H groups in total. The fraction of sp³-hybridized carbons (Fsp3) is 0.667. The summed E-state index contributed by atoms with van der Waals surface area (Å²) in [7, 11) is 1.83. The molecule has 17 heavy (non-hydrogen) atoms. The highest BCUT2D eigenvalue weighted by Gasteiger charge is 2.19. The molecule has 5 nitrogen and oxygen atoms in total. The first-order valence-electron chi connectivity index (χ1n) is 6.09. The van der Waals surface area contributed by atoms with E-state index in [-0.39, 0.29) is 0 Å². The SMILES string of the molecule is CNc1nc(C)cc(NC2CCOC(C)C2)n1. The maximum Gasteiger partial charge on any atom is 0.224 e. The number of anilines is 2. The molecule has 2 unspecified atom stereocenters. The van der Waals surface area contributed by atoms with E-state index >= 15 is 0 Å². The molecule has 0 spiro atoms. The molecular formula is C12H20N4O. The zero-order valence-corrected chi connectivity index (χ0v) is 10.7. The van der Waals surface area contributed by atoms with E-state index in [0.717, 1.165) is 31.0 Å². The second kappa shape index (κ2) is 5.31. The van der Waals surface area contributed by atoms with Gasteiger partial charge in [0.2, 0.25) is 5.95 Å². The Morgan fingerprint density at radius 1 is 1.41 bits per heavy atom. The highest BCUT2D eigenvalue weighted by Crippen LogP contribution is 2.18. The molecule has 0 saturated carbocycles. The summed E-state index contributed by atoms with van der Waals surface area (Å²) >= 11 is 0. The minimum Gasteiger partial charge on any atom is -0.378 e. The van der Waals surface area contributed by atoms with Crippen molar-refractivity contribution < 1.29 is 4.74 Å². The Morgan fingerprint density at radius 3 is 2.94 bits per heavy atom. The van der Waals surface area contributed by atoms with E-state index < -0.39 is 0 Å². The highest BCUT2D eigenvalue weighted by atomic mass is 16.5. The van der Waals surface area contributed by atoms with Gasteiger partial charge in [-0.05, 0) is 26.7 Å². The first-order chi connectivity index (χ1) is 8.17. The fourth-order valence-electron chi connectivity index (χ4n) is 2.09. The van der Waals surface area contributed by atoms with Crippen molar-refractivity contribution in [2.75, 3.05) is 24.3 Å². The number of hydrogen-bond donors (Lipinski definition) is 2. The standard InChI is InChI=1S/C12H20N4O/c1-8-6-11(16-12(13-3)14-8)15-10-4-5-17-9(2)7-10/h6,9-10H,4-5,7H2,1-3H3,(H2,13,14,15,16). The second-order valence-electron chi connectivity index (χ2n) is 4.52. The highest BCUT2D eigenvalue weighted by molar-refractivity contribution is 5.42. The lowest BCUT2D eigenvalue weighted by Crippen LogP contribution is -2.32. The Hall–Kier alpha value is -1.36. The molecule has 2 atom stereocenters. The summed E-state index contributed by atoms with van der Waals surface area (Å²) in [4.78, 5) is 8.67. The Kier molecular flexibility index (Phi) is 3.78. The average molecular weight is 236 g/mol. The Labute approximate surface area is 102 Å². The van der Waals surface area contributed by atoms with Crippen LogP contribution in [0.5, 0.6) is 0 Å². The fourth-order valence-corrected chi connectivity index (χ4v) is 2.09. The predicted molar refractivity (Wildman–Crippen MR) is 68.4 cm³/mol. The number of rotatable bonds is 3. The van der Waals surface area contributed by atoms with Gasteiger partial charge in [-0.1, -0.05) is 0 Å². The first kappa shape index (κ1) is 12.1. The van der Waals surface area contributed by atoms with E-state index in [0.29, 0.717) is 18.1 Å². The zero-order valence-electron chi connectivity index (χ0n) is 10.7. The van der Waals surface area contributed by atoms with Gasteiger partial charge in [0.05, 0.1) is 6.10 Å². The van der Waals surface area contributed by atoms with Crippen molar-refractivity contribution in [2.45, 2.75) is 38.8 Å². The maximum absolute atomic E-state index is 5.53. The summed E-state index contributed by atoms with van der Waals surface area (Å²) in [6.07, 6.45) is 2.38. The van der Waals surface area contributed by atoms with E-state index in [1.165, 1.54) is 0 Å². The van der Waals surface area contributed by atoms with Crippen LogP contribution in [0.3, 0.4) is 0 Å². The molecule has 0 aromatic carbocycles. The van der Waals surface area contributed by atoms with Gasteiger partial charge in [-0.25, -0.2) is 4.98 Å². The Bertz CT molecular complexity index is 383. The lowest BCUT2D eigenvalue weighted by Gasteiger charge is -2.28. The molecule has 1 aromatic rings. The van der Waals surface area contributed by atoms with Crippen molar-refractivity contribution in [3.8, 4) is 0 Å². The lowest BCUT2D eigenvalue weighted by atomic mass is 10.0. The van der Waals surface area contributed by atoms with Crippen molar-refractivity contribution in [2.24, 2.45) is 0 Å². The van der Waals surface area contributed by atoms with E-state index in [1.54, 1.807) is 0 Å². The van der Waals surface area contributed by atoms with Gasteiger partial charge in [-0.2, -0.15) is 4.98 Å². The van der Waals surface area contributed by atoms with Crippen LogP contribution in [-0.2, 0) is 4.74 Å². The van der Waals surface area contributed by atoms with Crippen LogP contribution < -0.4 is 10.6 Å². The molecule has 1 fully saturated rings. The van der Waals surface area contributed by atoms with Crippen molar-refractivity contribution in [3.63, 3.8) is 0 Å². The molecule has 94 valence electrons. The summed E-state index contributed by atoms with van der Waals surface area (Å²) in [5.74, 6) is 1.55. The summed E-state index contributed by atoms with van der Waals surface area (Å²) < 4.78 is 5.53. The van der Waals surface area contributed by atoms with Crippen molar-refractivity contribution in [1.82, 2.24) is 9.97 Å². The molecule has 1 aromatic heterocycles. The van der Waals surface area contributed by atoms with Gasteiger partial charge in [0.15, 0.2) is 0 Å². The molecule has 2 rings (SSSR count). The number of aromatic nitrogens is 2. The minimum absolute atomic E-state index is 0.327. The van der Waals surface area contributed by atoms with Crippen LogP contribution in [0.2, 0.25) is 0 Å². The molecule has 0 aliphatic carbocycles. The molecule has 1 aliphatic rings. The predicted octanol–water partition coefficient (Wildman–Crippen LogP) is 1.81. The first-order valence-corrected chi connectivity index (χ1v) is 6.09. The van der Waals surface area contributed by atoms with Crippen LogP contribution >= 0.6 is 0 Å².